The zero-order chi connectivity index (χ0) is 27.5. The molecule has 0 bridgehead atoms. The van der Waals surface area contributed by atoms with Gasteiger partial charge in [-0.1, -0.05) is 36.4 Å². The van der Waals surface area contributed by atoms with E-state index in [1.54, 1.807) is 12.1 Å². The van der Waals surface area contributed by atoms with Crippen LogP contribution in [0.5, 0.6) is 0 Å². The van der Waals surface area contributed by atoms with Crippen molar-refractivity contribution >= 4 is 34.1 Å². The predicted octanol–water partition coefficient (Wildman–Crippen LogP) is 5.66. The van der Waals surface area contributed by atoms with E-state index in [1.165, 1.54) is 5.69 Å². The van der Waals surface area contributed by atoms with Crippen molar-refractivity contribution in [2.45, 2.75) is 6.42 Å². The predicted molar refractivity (Wildman–Crippen MR) is 160 cm³/mol. The summed E-state index contributed by atoms with van der Waals surface area (Å²) in [4.78, 5) is 38.4. The van der Waals surface area contributed by atoms with Gasteiger partial charge in [0.1, 0.15) is 5.82 Å². The molecule has 40 heavy (non-hydrogen) atoms. The Kier molecular flexibility index (Phi) is 7.12. The third-order valence-corrected chi connectivity index (χ3v) is 7.42. The summed E-state index contributed by atoms with van der Waals surface area (Å²) in [5, 5.41) is 2.90. The Bertz CT molecular complexity index is 1630. The molecule has 1 saturated heterocycles. The van der Waals surface area contributed by atoms with Gasteiger partial charge in [0, 0.05) is 60.7 Å². The maximum Gasteiger partial charge on any atom is 0.255 e. The van der Waals surface area contributed by atoms with Gasteiger partial charge in [0.05, 0.1) is 11.0 Å². The highest BCUT2D eigenvalue weighted by Gasteiger charge is 2.16. The van der Waals surface area contributed by atoms with Gasteiger partial charge in [-0.05, 0) is 73.3 Å². The summed E-state index contributed by atoms with van der Waals surface area (Å²) >= 11 is 0. The van der Waals surface area contributed by atoms with E-state index in [4.69, 9.17) is 4.98 Å². The molecule has 1 aliphatic rings. The number of Topliss-reactive ketones (excluding diaryl/α,β-unsaturated/α-hetero) is 1. The lowest BCUT2D eigenvalue weighted by atomic mass is 10.0. The Morgan fingerprint density at radius 2 is 1.52 bits per heavy atom. The third-order valence-electron chi connectivity index (χ3n) is 7.42. The van der Waals surface area contributed by atoms with Crippen molar-refractivity contribution in [1.82, 2.24) is 14.9 Å². The van der Waals surface area contributed by atoms with Crippen molar-refractivity contribution in [3.63, 3.8) is 0 Å². The van der Waals surface area contributed by atoms with E-state index in [0.29, 0.717) is 17.8 Å². The number of aromatic amines is 1. The molecule has 0 aliphatic carbocycles. The quantitative estimate of drug-likeness (QED) is 0.266. The number of ketones is 1. The van der Waals surface area contributed by atoms with Gasteiger partial charge in [-0.2, -0.15) is 0 Å². The van der Waals surface area contributed by atoms with Crippen LogP contribution in [-0.2, 0) is 6.42 Å². The minimum atomic E-state index is -0.161. The number of hydrogen-bond acceptors (Lipinski definition) is 5. The lowest BCUT2D eigenvalue weighted by Crippen LogP contribution is -2.44. The maximum atomic E-state index is 13.0. The second kappa shape index (κ2) is 11.2. The number of aromatic nitrogens is 2. The normalized spacial score (nSPS) is 13.9. The van der Waals surface area contributed by atoms with Crippen molar-refractivity contribution < 1.29 is 9.59 Å². The minimum absolute atomic E-state index is 0.0911. The molecule has 6 rings (SSSR count). The molecule has 4 aromatic carbocycles. The van der Waals surface area contributed by atoms with Gasteiger partial charge in [-0.15, -0.1) is 0 Å². The number of amides is 1. The van der Waals surface area contributed by atoms with Gasteiger partial charge in [-0.25, -0.2) is 4.98 Å². The molecule has 1 fully saturated rings. The Labute approximate surface area is 233 Å². The van der Waals surface area contributed by atoms with Crippen molar-refractivity contribution in [3.05, 3.63) is 114 Å². The van der Waals surface area contributed by atoms with Gasteiger partial charge < -0.3 is 20.1 Å². The number of nitrogens with one attached hydrogen (secondary N) is 2. The molecular weight excluding hydrogens is 498 g/mol. The number of H-pyrrole nitrogens is 1. The van der Waals surface area contributed by atoms with E-state index in [0.717, 1.165) is 59.6 Å². The van der Waals surface area contributed by atoms with Crippen LogP contribution in [0, 0.1) is 0 Å². The number of fused-ring (bicyclic) bond motifs is 1. The molecule has 2 heterocycles. The van der Waals surface area contributed by atoms with E-state index in [1.807, 2.05) is 72.8 Å². The topological polar surface area (TPSA) is 81.3 Å². The molecule has 0 radical (unpaired) electrons. The Balaban J connectivity index is 1.11. The van der Waals surface area contributed by atoms with Gasteiger partial charge >= 0.3 is 0 Å². The van der Waals surface area contributed by atoms with Gasteiger partial charge in [0.15, 0.2) is 5.78 Å². The smallest absolute Gasteiger partial charge is 0.255 e. The molecule has 7 nitrogen and oxygen atoms in total. The van der Waals surface area contributed by atoms with Crippen LogP contribution < -0.4 is 10.2 Å². The zero-order valence-electron chi connectivity index (χ0n) is 22.4. The van der Waals surface area contributed by atoms with Gasteiger partial charge in [0.2, 0.25) is 0 Å². The number of piperazine rings is 1. The van der Waals surface area contributed by atoms with Crippen molar-refractivity contribution in [1.29, 1.82) is 0 Å². The molecule has 1 aromatic heterocycles. The fourth-order valence-electron chi connectivity index (χ4n) is 5.02. The monoisotopic (exact) mass is 529 g/mol. The van der Waals surface area contributed by atoms with Crippen LogP contribution in [0.1, 0.15) is 26.3 Å². The molecule has 1 aliphatic heterocycles. The first-order chi connectivity index (χ1) is 19.5. The highest BCUT2D eigenvalue weighted by atomic mass is 16.1. The zero-order valence-corrected chi connectivity index (χ0v) is 22.4. The highest BCUT2D eigenvalue weighted by molar-refractivity contribution is 6.04. The summed E-state index contributed by atoms with van der Waals surface area (Å²) in [5.41, 5.74) is 6.73. The van der Waals surface area contributed by atoms with Crippen LogP contribution >= 0.6 is 0 Å². The van der Waals surface area contributed by atoms with E-state index >= 15 is 0 Å². The molecule has 200 valence electrons. The van der Waals surface area contributed by atoms with Gasteiger partial charge in [-0.3, -0.25) is 9.59 Å². The van der Waals surface area contributed by atoms with Crippen molar-refractivity contribution in [2.24, 2.45) is 0 Å². The number of imidazole rings is 1. The number of para-hydroxylation sites is 1. The van der Waals surface area contributed by atoms with E-state index in [-0.39, 0.29) is 11.7 Å². The number of hydrogen-bond donors (Lipinski definition) is 2. The van der Waals surface area contributed by atoms with Crippen LogP contribution in [-0.4, -0.2) is 59.8 Å². The second-order valence-corrected chi connectivity index (χ2v) is 10.3. The number of benzene rings is 4. The largest absolute Gasteiger partial charge is 0.369 e. The number of carbonyl (C=O) groups excluding carboxylic acids is 2. The second-order valence-electron chi connectivity index (χ2n) is 10.3. The number of anilines is 2. The standard InChI is InChI=1S/C33H31N5O2/c1-37-17-19-38(20-18-37)28-14-12-24(13-15-28)31(39)22-23-7-16-29-30(21-23)36-32(35-29)25-8-10-26(11-9-25)33(40)34-27-5-3-2-4-6-27/h2-16,21H,17-20,22H2,1H3,(H,34,40)(H,35,36). The summed E-state index contributed by atoms with van der Waals surface area (Å²) in [6.07, 6.45) is 0.323. The van der Waals surface area contributed by atoms with Crippen LogP contribution in [0.3, 0.4) is 0 Å². The lowest BCUT2D eigenvalue weighted by molar-refractivity contribution is 0.0991. The Morgan fingerprint density at radius 1 is 0.825 bits per heavy atom. The first-order valence-corrected chi connectivity index (χ1v) is 13.5. The SMILES string of the molecule is CN1CCN(c2ccc(C(=O)Cc3ccc4nc(-c5ccc(C(=O)Nc6ccccc6)cc5)[nH]c4c3)cc2)CC1. The van der Waals surface area contributed by atoms with Gasteiger partial charge in [0.25, 0.3) is 5.91 Å². The van der Waals surface area contributed by atoms with E-state index in [9.17, 15) is 9.59 Å². The molecule has 0 unspecified atom stereocenters. The fraction of sp³-hybridized carbons (Fsp3) is 0.182. The first-order valence-electron chi connectivity index (χ1n) is 13.5. The molecule has 0 atom stereocenters. The molecule has 0 spiro atoms. The molecule has 1 amide bonds. The van der Waals surface area contributed by atoms with E-state index < -0.39 is 0 Å². The average Bonchev–Trinajstić information content (AvgIpc) is 3.42. The molecule has 2 N–H and O–H groups in total. The number of likely N-dealkylation sites (N-methyl/N-ethyl adjacent to an activating group) is 1. The lowest BCUT2D eigenvalue weighted by Gasteiger charge is -2.34. The number of nitrogens with zero attached hydrogens (tertiary/aromatic N) is 3. The summed E-state index contributed by atoms with van der Waals surface area (Å²) in [7, 11) is 2.15. The third kappa shape index (κ3) is 5.65. The van der Waals surface area contributed by atoms with Crippen LogP contribution in [0.2, 0.25) is 0 Å². The van der Waals surface area contributed by atoms with Crippen LogP contribution in [0.25, 0.3) is 22.4 Å². The molecule has 0 saturated carbocycles. The Hall–Kier alpha value is -4.75. The number of rotatable bonds is 7. The average molecular weight is 530 g/mol. The summed E-state index contributed by atoms with van der Waals surface area (Å²) in [6, 6.07) is 30.6. The van der Waals surface area contributed by atoms with Crippen molar-refractivity contribution in [3.8, 4) is 11.4 Å². The summed E-state index contributed by atoms with van der Waals surface area (Å²) in [6.45, 7) is 4.11. The Morgan fingerprint density at radius 3 is 2.25 bits per heavy atom. The highest BCUT2D eigenvalue weighted by Crippen LogP contribution is 2.23. The summed E-state index contributed by atoms with van der Waals surface area (Å²) < 4.78 is 0. The van der Waals surface area contributed by atoms with Crippen LogP contribution in [0.15, 0.2) is 97.1 Å². The minimum Gasteiger partial charge on any atom is -0.369 e. The fourth-order valence-corrected chi connectivity index (χ4v) is 5.02. The van der Waals surface area contributed by atoms with E-state index in [2.05, 4.69) is 39.3 Å². The van der Waals surface area contributed by atoms with Crippen molar-refractivity contribution in [2.75, 3.05) is 43.4 Å². The maximum absolute atomic E-state index is 13.0. The molecular formula is C33H31N5O2. The first kappa shape index (κ1) is 25.5. The summed E-state index contributed by atoms with van der Waals surface area (Å²) in [5.74, 6) is 0.645. The molecule has 7 heteroatoms. The van der Waals surface area contributed by atoms with Crippen LogP contribution in [0.4, 0.5) is 11.4 Å². The number of carbonyl (C=O) groups is 2. The molecule has 5 aromatic rings.